The fourth-order valence-electron chi connectivity index (χ4n) is 3.71. The van der Waals surface area contributed by atoms with E-state index in [0.717, 1.165) is 19.3 Å². The van der Waals surface area contributed by atoms with E-state index in [1.807, 2.05) is 24.3 Å². The summed E-state index contributed by atoms with van der Waals surface area (Å²) >= 11 is 0. The molecule has 4 unspecified atom stereocenters. The summed E-state index contributed by atoms with van der Waals surface area (Å²) in [4.78, 5) is 10.6. The number of carboxylic acid groups (broad SMARTS) is 1. The summed E-state index contributed by atoms with van der Waals surface area (Å²) in [7, 11) is 0. The molecule has 19 heavy (non-hydrogen) atoms. The first-order valence-electron chi connectivity index (χ1n) is 6.57. The van der Waals surface area contributed by atoms with Crippen molar-refractivity contribution >= 4 is 6.16 Å². The van der Waals surface area contributed by atoms with Gasteiger partial charge in [-0.3, -0.25) is 0 Å². The van der Waals surface area contributed by atoms with Crippen LogP contribution in [-0.4, -0.2) is 17.4 Å². The molecular formula is C15H15NO3. The molecule has 0 aromatic heterocycles. The summed E-state index contributed by atoms with van der Waals surface area (Å²) < 4.78 is 4.94. The average Bonchev–Trinajstić information content (AvgIpc) is 2.98. The molecule has 2 bridgehead atoms. The Morgan fingerprint density at radius 1 is 1.21 bits per heavy atom. The number of benzene rings is 1. The van der Waals surface area contributed by atoms with E-state index in [4.69, 9.17) is 15.1 Å². The minimum atomic E-state index is -1.16. The summed E-state index contributed by atoms with van der Waals surface area (Å²) in [5.41, 5.74) is 1.94. The highest BCUT2D eigenvalue weighted by Crippen LogP contribution is 2.53. The molecule has 0 heterocycles. The number of carbonyl (C=O) groups is 1. The SMILES string of the molecule is N#Cc1ccc(C2CC3CC2CC3OC(=O)O)cc1. The summed E-state index contributed by atoms with van der Waals surface area (Å²) in [6.07, 6.45) is 1.61. The fraction of sp³-hybridized carbons (Fsp3) is 0.467. The minimum Gasteiger partial charge on any atom is -0.450 e. The Bertz CT molecular complexity index is 531. The van der Waals surface area contributed by atoms with E-state index in [-0.39, 0.29) is 6.10 Å². The highest BCUT2D eigenvalue weighted by Gasteiger charge is 2.47. The predicted molar refractivity (Wildman–Crippen MR) is 67.6 cm³/mol. The van der Waals surface area contributed by atoms with E-state index < -0.39 is 6.16 Å². The van der Waals surface area contributed by atoms with Crippen molar-refractivity contribution in [3.63, 3.8) is 0 Å². The third kappa shape index (κ3) is 2.17. The Balaban J connectivity index is 1.70. The number of ether oxygens (including phenoxy) is 1. The molecule has 0 amide bonds. The second-order valence-corrected chi connectivity index (χ2v) is 5.49. The van der Waals surface area contributed by atoms with E-state index in [0.29, 0.717) is 23.3 Å². The number of hydrogen-bond donors (Lipinski definition) is 1. The zero-order valence-corrected chi connectivity index (χ0v) is 10.5. The Labute approximate surface area is 111 Å². The van der Waals surface area contributed by atoms with Gasteiger partial charge in [-0.15, -0.1) is 0 Å². The van der Waals surface area contributed by atoms with Crippen molar-refractivity contribution in [2.24, 2.45) is 11.8 Å². The zero-order valence-electron chi connectivity index (χ0n) is 10.5. The van der Waals surface area contributed by atoms with E-state index >= 15 is 0 Å². The maximum atomic E-state index is 10.6. The lowest BCUT2D eigenvalue weighted by Gasteiger charge is -2.27. The molecular weight excluding hydrogens is 242 g/mol. The molecule has 2 fully saturated rings. The number of rotatable bonds is 2. The van der Waals surface area contributed by atoms with Gasteiger partial charge >= 0.3 is 6.16 Å². The number of fused-ring (bicyclic) bond motifs is 2. The van der Waals surface area contributed by atoms with Crippen LogP contribution in [0.5, 0.6) is 0 Å². The summed E-state index contributed by atoms with van der Waals surface area (Å²) in [5.74, 6) is 1.37. The quantitative estimate of drug-likeness (QED) is 0.826. The summed E-state index contributed by atoms with van der Waals surface area (Å²) in [6.45, 7) is 0. The van der Waals surface area contributed by atoms with Crippen LogP contribution in [0.1, 0.15) is 36.3 Å². The maximum Gasteiger partial charge on any atom is 0.506 e. The summed E-state index contributed by atoms with van der Waals surface area (Å²) in [6, 6.07) is 9.88. The Hall–Kier alpha value is -2.02. The van der Waals surface area contributed by atoms with Crippen LogP contribution in [0.4, 0.5) is 4.79 Å². The topological polar surface area (TPSA) is 70.3 Å². The Morgan fingerprint density at radius 2 is 1.95 bits per heavy atom. The van der Waals surface area contributed by atoms with Gasteiger partial charge in [0, 0.05) is 0 Å². The van der Waals surface area contributed by atoms with Crippen molar-refractivity contribution < 1.29 is 14.6 Å². The van der Waals surface area contributed by atoms with Crippen molar-refractivity contribution in [2.75, 3.05) is 0 Å². The van der Waals surface area contributed by atoms with Crippen LogP contribution in [0.15, 0.2) is 24.3 Å². The molecule has 0 saturated heterocycles. The van der Waals surface area contributed by atoms with Crippen LogP contribution in [0.3, 0.4) is 0 Å². The van der Waals surface area contributed by atoms with Gasteiger partial charge in [0.1, 0.15) is 6.10 Å². The standard InChI is InChI=1S/C15H15NO3/c16-8-9-1-3-10(4-2-9)13-6-12-5-11(13)7-14(12)19-15(17)18/h1-4,11-14H,5-7H2,(H,17,18). The van der Waals surface area contributed by atoms with Crippen molar-refractivity contribution in [2.45, 2.75) is 31.3 Å². The summed E-state index contributed by atoms with van der Waals surface area (Å²) in [5, 5.41) is 17.5. The first-order chi connectivity index (χ1) is 9.17. The van der Waals surface area contributed by atoms with Gasteiger partial charge < -0.3 is 9.84 Å². The van der Waals surface area contributed by atoms with Crippen molar-refractivity contribution in [1.29, 1.82) is 5.26 Å². The molecule has 0 aliphatic heterocycles. The van der Waals surface area contributed by atoms with Crippen LogP contribution in [0.25, 0.3) is 0 Å². The van der Waals surface area contributed by atoms with Crippen molar-refractivity contribution in [1.82, 2.24) is 0 Å². The predicted octanol–water partition coefficient (Wildman–Crippen LogP) is 3.13. The molecule has 98 valence electrons. The molecule has 4 heteroatoms. The first kappa shape index (κ1) is 12.0. The third-order valence-corrected chi connectivity index (χ3v) is 4.51. The second kappa shape index (κ2) is 4.58. The molecule has 0 spiro atoms. The molecule has 4 nitrogen and oxygen atoms in total. The van der Waals surface area contributed by atoms with Crippen LogP contribution < -0.4 is 0 Å². The normalized spacial score (nSPS) is 31.9. The minimum absolute atomic E-state index is 0.114. The van der Waals surface area contributed by atoms with Gasteiger partial charge in [0.05, 0.1) is 11.6 Å². The molecule has 4 atom stereocenters. The lowest BCUT2D eigenvalue weighted by Crippen LogP contribution is -2.26. The number of hydrogen-bond acceptors (Lipinski definition) is 3. The van der Waals surface area contributed by atoms with Crippen LogP contribution in [0.2, 0.25) is 0 Å². The van der Waals surface area contributed by atoms with Crippen molar-refractivity contribution in [3.05, 3.63) is 35.4 Å². The van der Waals surface area contributed by atoms with Gasteiger partial charge in [-0.25, -0.2) is 4.79 Å². The lowest BCUT2D eigenvalue weighted by atomic mass is 9.82. The van der Waals surface area contributed by atoms with E-state index in [1.54, 1.807) is 0 Å². The molecule has 1 aromatic carbocycles. The average molecular weight is 257 g/mol. The maximum absolute atomic E-state index is 10.6. The van der Waals surface area contributed by atoms with Crippen LogP contribution >= 0.6 is 0 Å². The molecule has 2 saturated carbocycles. The van der Waals surface area contributed by atoms with Gasteiger partial charge in [-0.1, -0.05) is 12.1 Å². The zero-order chi connectivity index (χ0) is 13.4. The van der Waals surface area contributed by atoms with Gasteiger partial charge in [0.25, 0.3) is 0 Å². The third-order valence-electron chi connectivity index (χ3n) is 4.51. The van der Waals surface area contributed by atoms with Crippen molar-refractivity contribution in [3.8, 4) is 6.07 Å². The molecule has 3 rings (SSSR count). The smallest absolute Gasteiger partial charge is 0.450 e. The van der Waals surface area contributed by atoms with E-state index in [1.165, 1.54) is 5.56 Å². The lowest BCUT2D eigenvalue weighted by molar-refractivity contribution is 0.0252. The molecule has 1 aromatic rings. The van der Waals surface area contributed by atoms with Gasteiger partial charge in [-0.2, -0.15) is 5.26 Å². The molecule has 2 aliphatic rings. The second-order valence-electron chi connectivity index (χ2n) is 5.49. The highest BCUT2D eigenvalue weighted by atomic mass is 16.7. The highest BCUT2D eigenvalue weighted by molar-refractivity contribution is 5.57. The van der Waals surface area contributed by atoms with Gasteiger partial charge in [0.15, 0.2) is 0 Å². The van der Waals surface area contributed by atoms with Gasteiger partial charge in [-0.05, 0) is 54.7 Å². The molecule has 2 aliphatic carbocycles. The largest absolute Gasteiger partial charge is 0.506 e. The first-order valence-corrected chi connectivity index (χ1v) is 6.57. The Morgan fingerprint density at radius 3 is 2.47 bits per heavy atom. The molecule has 1 N–H and O–H groups in total. The van der Waals surface area contributed by atoms with Crippen LogP contribution in [-0.2, 0) is 4.74 Å². The Kier molecular flexibility index (Phi) is 2.90. The fourth-order valence-corrected chi connectivity index (χ4v) is 3.71. The monoisotopic (exact) mass is 257 g/mol. The van der Waals surface area contributed by atoms with E-state index in [9.17, 15) is 4.79 Å². The van der Waals surface area contributed by atoms with E-state index in [2.05, 4.69) is 6.07 Å². The van der Waals surface area contributed by atoms with Crippen LogP contribution in [0, 0.1) is 23.2 Å². The number of nitrogens with zero attached hydrogens (tertiary/aromatic N) is 1. The van der Waals surface area contributed by atoms with Gasteiger partial charge in [0.2, 0.25) is 0 Å². The number of nitriles is 1. The molecule has 0 radical (unpaired) electrons.